The first-order valence-electron chi connectivity index (χ1n) is 8.37. The van der Waals surface area contributed by atoms with Gasteiger partial charge in [0.15, 0.2) is 0 Å². The number of anilines is 2. The zero-order valence-electron chi connectivity index (χ0n) is 14.8. The quantitative estimate of drug-likeness (QED) is 0.730. The van der Waals surface area contributed by atoms with Gasteiger partial charge in [0.2, 0.25) is 5.91 Å². The van der Waals surface area contributed by atoms with Gasteiger partial charge in [0.1, 0.15) is 0 Å². The normalized spacial score (nSPS) is 10.7. The molecule has 128 valence electrons. The summed E-state index contributed by atoms with van der Waals surface area (Å²) in [6.07, 6.45) is 1.49. The third-order valence-electron chi connectivity index (χ3n) is 3.73. The minimum Gasteiger partial charge on any atom is -0.385 e. The number of hydrogen-bond donors (Lipinski definition) is 2. The SMILES string of the molecule is Cc1cccc(CC(=O)Nc2ccc(NCCCN(C)C)cc2)c1. The maximum absolute atomic E-state index is 12.1. The molecular weight excluding hydrogens is 298 g/mol. The molecule has 0 saturated carbocycles. The van der Waals surface area contributed by atoms with E-state index >= 15 is 0 Å². The highest BCUT2D eigenvalue weighted by Crippen LogP contribution is 2.14. The smallest absolute Gasteiger partial charge is 0.228 e. The molecule has 4 heteroatoms. The van der Waals surface area contributed by atoms with Gasteiger partial charge < -0.3 is 15.5 Å². The number of rotatable bonds is 8. The van der Waals surface area contributed by atoms with E-state index in [1.807, 2.05) is 55.5 Å². The summed E-state index contributed by atoms with van der Waals surface area (Å²) in [5, 5.41) is 6.33. The van der Waals surface area contributed by atoms with Crippen molar-refractivity contribution in [2.75, 3.05) is 37.8 Å². The standard InChI is InChI=1S/C20H27N3O/c1-16-6-4-7-17(14-16)15-20(24)22-19-10-8-18(9-11-19)21-12-5-13-23(2)3/h4,6-11,14,21H,5,12-13,15H2,1-3H3,(H,22,24). The molecule has 0 saturated heterocycles. The van der Waals surface area contributed by atoms with Crippen LogP contribution >= 0.6 is 0 Å². The molecule has 0 aliphatic carbocycles. The lowest BCUT2D eigenvalue weighted by atomic mass is 10.1. The molecule has 0 fully saturated rings. The number of carbonyl (C=O) groups excluding carboxylic acids is 1. The van der Waals surface area contributed by atoms with Gasteiger partial charge in [0.05, 0.1) is 6.42 Å². The molecule has 2 N–H and O–H groups in total. The Morgan fingerprint density at radius 1 is 1.04 bits per heavy atom. The van der Waals surface area contributed by atoms with E-state index in [9.17, 15) is 4.79 Å². The van der Waals surface area contributed by atoms with Crippen LogP contribution in [-0.2, 0) is 11.2 Å². The average molecular weight is 325 g/mol. The first-order chi connectivity index (χ1) is 11.5. The highest BCUT2D eigenvalue weighted by atomic mass is 16.1. The molecule has 0 aliphatic rings. The van der Waals surface area contributed by atoms with Crippen LogP contribution in [0.1, 0.15) is 17.5 Å². The first-order valence-corrected chi connectivity index (χ1v) is 8.37. The van der Waals surface area contributed by atoms with Crippen molar-refractivity contribution in [1.29, 1.82) is 0 Å². The molecule has 2 aromatic carbocycles. The van der Waals surface area contributed by atoms with Crippen molar-refractivity contribution in [2.45, 2.75) is 19.8 Å². The number of carbonyl (C=O) groups is 1. The zero-order chi connectivity index (χ0) is 17.4. The van der Waals surface area contributed by atoms with Crippen molar-refractivity contribution in [2.24, 2.45) is 0 Å². The van der Waals surface area contributed by atoms with Gasteiger partial charge in [0, 0.05) is 17.9 Å². The molecule has 0 aromatic heterocycles. The number of benzene rings is 2. The lowest BCUT2D eigenvalue weighted by Crippen LogP contribution is -2.16. The maximum Gasteiger partial charge on any atom is 0.228 e. The van der Waals surface area contributed by atoms with Gasteiger partial charge in [-0.05, 0) is 63.8 Å². The molecule has 2 rings (SSSR count). The fraction of sp³-hybridized carbons (Fsp3) is 0.350. The Bertz CT molecular complexity index is 650. The van der Waals surface area contributed by atoms with E-state index < -0.39 is 0 Å². The van der Waals surface area contributed by atoms with E-state index in [2.05, 4.69) is 29.6 Å². The maximum atomic E-state index is 12.1. The Morgan fingerprint density at radius 2 is 1.75 bits per heavy atom. The van der Waals surface area contributed by atoms with Crippen LogP contribution in [0.15, 0.2) is 48.5 Å². The number of nitrogens with zero attached hydrogens (tertiary/aromatic N) is 1. The van der Waals surface area contributed by atoms with Gasteiger partial charge in [-0.25, -0.2) is 0 Å². The second-order valence-corrected chi connectivity index (χ2v) is 6.37. The summed E-state index contributed by atoms with van der Waals surface area (Å²) in [5.41, 5.74) is 4.11. The van der Waals surface area contributed by atoms with E-state index in [1.54, 1.807) is 0 Å². The monoisotopic (exact) mass is 325 g/mol. The lowest BCUT2D eigenvalue weighted by molar-refractivity contribution is -0.115. The topological polar surface area (TPSA) is 44.4 Å². The Morgan fingerprint density at radius 3 is 2.42 bits per heavy atom. The highest BCUT2D eigenvalue weighted by molar-refractivity contribution is 5.92. The Hall–Kier alpha value is -2.33. The van der Waals surface area contributed by atoms with E-state index in [1.165, 1.54) is 5.56 Å². The number of nitrogens with one attached hydrogen (secondary N) is 2. The van der Waals surface area contributed by atoms with Crippen molar-refractivity contribution in [3.05, 3.63) is 59.7 Å². The largest absolute Gasteiger partial charge is 0.385 e. The summed E-state index contributed by atoms with van der Waals surface area (Å²) in [7, 11) is 4.16. The van der Waals surface area contributed by atoms with Crippen molar-refractivity contribution >= 4 is 17.3 Å². The molecule has 0 spiro atoms. The molecule has 0 radical (unpaired) electrons. The second kappa shape index (κ2) is 9.08. The summed E-state index contributed by atoms with van der Waals surface area (Å²) in [5.74, 6) is 0.00675. The highest BCUT2D eigenvalue weighted by Gasteiger charge is 2.04. The minimum absolute atomic E-state index is 0.00675. The summed E-state index contributed by atoms with van der Waals surface area (Å²) in [4.78, 5) is 14.3. The van der Waals surface area contributed by atoms with E-state index in [4.69, 9.17) is 0 Å². The number of hydrogen-bond acceptors (Lipinski definition) is 3. The molecule has 0 atom stereocenters. The average Bonchev–Trinajstić information content (AvgIpc) is 2.53. The number of amides is 1. The predicted molar refractivity (Wildman–Crippen MR) is 102 cm³/mol. The molecular formula is C20H27N3O. The van der Waals surface area contributed by atoms with Crippen molar-refractivity contribution in [3.8, 4) is 0 Å². The van der Waals surface area contributed by atoms with Crippen molar-refractivity contribution < 1.29 is 4.79 Å². The molecule has 0 heterocycles. The van der Waals surface area contributed by atoms with Crippen molar-refractivity contribution in [1.82, 2.24) is 4.90 Å². The van der Waals surface area contributed by atoms with Crippen LogP contribution in [0.25, 0.3) is 0 Å². The van der Waals surface area contributed by atoms with Crippen LogP contribution in [0.2, 0.25) is 0 Å². The van der Waals surface area contributed by atoms with Gasteiger partial charge in [-0.2, -0.15) is 0 Å². The van der Waals surface area contributed by atoms with E-state index in [-0.39, 0.29) is 5.91 Å². The van der Waals surface area contributed by atoms with Crippen LogP contribution in [0.5, 0.6) is 0 Å². The van der Waals surface area contributed by atoms with Crippen LogP contribution in [0.3, 0.4) is 0 Å². The third kappa shape index (κ3) is 6.42. The molecule has 0 unspecified atom stereocenters. The third-order valence-corrected chi connectivity index (χ3v) is 3.73. The summed E-state index contributed by atoms with van der Waals surface area (Å²) < 4.78 is 0. The van der Waals surface area contributed by atoms with Gasteiger partial charge >= 0.3 is 0 Å². The molecule has 4 nitrogen and oxygen atoms in total. The van der Waals surface area contributed by atoms with Crippen LogP contribution < -0.4 is 10.6 Å². The first kappa shape index (κ1) is 18.0. The van der Waals surface area contributed by atoms with Gasteiger partial charge in [-0.15, -0.1) is 0 Å². The minimum atomic E-state index is 0.00675. The van der Waals surface area contributed by atoms with Crippen LogP contribution in [0, 0.1) is 6.92 Å². The van der Waals surface area contributed by atoms with Gasteiger partial charge in [-0.1, -0.05) is 29.8 Å². The molecule has 0 aliphatic heterocycles. The summed E-state index contributed by atoms with van der Waals surface area (Å²) in [6.45, 7) is 4.04. The van der Waals surface area contributed by atoms with Gasteiger partial charge in [-0.3, -0.25) is 4.79 Å². The van der Waals surface area contributed by atoms with E-state index in [0.29, 0.717) is 6.42 Å². The Balaban J connectivity index is 1.79. The predicted octanol–water partition coefficient (Wildman–Crippen LogP) is 3.54. The molecule has 24 heavy (non-hydrogen) atoms. The fourth-order valence-electron chi connectivity index (χ4n) is 2.51. The molecule has 1 amide bonds. The van der Waals surface area contributed by atoms with Crippen molar-refractivity contribution in [3.63, 3.8) is 0 Å². The van der Waals surface area contributed by atoms with Crippen LogP contribution in [-0.4, -0.2) is 38.0 Å². The van der Waals surface area contributed by atoms with E-state index in [0.717, 1.165) is 36.4 Å². The second-order valence-electron chi connectivity index (χ2n) is 6.37. The number of aryl methyl sites for hydroxylation is 1. The lowest BCUT2D eigenvalue weighted by Gasteiger charge is -2.11. The molecule has 0 bridgehead atoms. The fourth-order valence-corrected chi connectivity index (χ4v) is 2.51. The Kier molecular flexibility index (Phi) is 6.82. The summed E-state index contributed by atoms with van der Waals surface area (Å²) >= 11 is 0. The van der Waals surface area contributed by atoms with Gasteiger partial charge in [0.25, 0.3) is 0 Å². The molecule has 2 aromatic rings. The van der Waals surface area contributed by atoms with Crippen LogP contribution in [0.4, 0.5) is 11.4 Å². The zero-order valence-corrected chi connectivity index (χ0v) is 14.8. The summed E-state index contributed by atoms with van der Waals surface area (Å²) in [6, 6.07) is 15.9. The Labute approximate surface area is 144 Å².